The number of nitrogens with zero attached hydrogens (tertiary/aromatic N) is 2. The van der Waals surface area contributed by atoms with Gasteiger partial charge in [-0.05, 0) is 48.3 Å². The number of rotatable bonds is 8. The number of thiazole rings is 2. The first-order valence-electron chi connectivity index (χ1n) is 9.96. The van der Waals surface area contributed by atoms with E-state index in [1.165, 1.54) is 11.3 Å². The summed E-state index contributed by atoms with van der Waals surface area (Å²) in [5.74, 6) is 0.217. The van der Waals surface area contributed by atoms with Crippen LogP contribution in [0, 0.1) is 5.92 Å². The first-order chi connectivity index (χ1) is 14.5. The summed E-state index contributed by atoms with van der Waals surface area (Å²) in [5, 5.41) is 12.4. The van der Waals surface area contributed by atoms with Gasteiger partial charge in [-0.15, -0.1) is 22.7 Å². The second kappa shape index (κ2) is 8.75. The lowest BCUT2D eigenvalue weighted by molar-refractivity contribution is 0.0706. The number of benzene rings is 1. The van der Waals surface area contributed by atoms with Crippen LogP contribution in [0.5, 0.6) is 0 Å². The highest BCUT2D eigenvalue weighted by atomic mass is 32.1. The zero-order valence-electron chi connectivity index (χ0n) is 16.8. The van der Waals surface area contributed by atoms with Crippen LogP contribution in [-0.2, 0) is 0 Å². The van der Waals surface area contributed by atoms with Gasteiger partial charge in [-0.3, -0.25) is 14.8 Å². The predicted molar refractivity (Wildman–Crippen MR) is 117 cm³/mol. The fourth-order valence-electron chi connectivity index (χ4n) is 3.56. The van der Waals surface area contributed by atoms with Crippen LogP contribution in [0.3, 0.4) is 0 Å². The first kappa shape index (κ1) is 20.8. The molecule has 2 N–H and O–H groups in total. The smallest absolute Gasteiger partial charge is 0.274 e. The van der Waals surface area contributed by atoms with Gasteiger partial charge in [-0.2, -0.15) is 0 Å². The Balaban J connectivity index is 1.59. The molecule has 4 rings (SSSR count). The molecule has 0 bridgehead atoms. The fourth-order valence-corrected chi connectivity index (χ4v) is 5.49. The Morgan fingerprint density at radius 2 is 1.93 bits per heavy atom. The molecule has 0 unspecified atom stereocenters. The molecule has 0 aliphatic heterocycles. The molecule has 1 aliphatic carbocycles. The quantitative estimate of drug-likeness (QED) is 0.282. The van der Waals surface area contributed by atoms with Crippen molar-refractivity contribution in [1.82, 2.24) is 15.4 Å². The lowest BCUT2D eigenvalue weighted by Gasteiger charge is -2.21. The normalized spacial score (nSPS) is 14.7. The molecule has 1 atom stereocenters. The Morgan fingerprint density at radius 1 is 1.20 bits per heavy atom. The summed E-state index contributed by atoms with van der Waals surface area (Å²) in [7, 11) is 0. The van der Waals surface area contributed by atoms with E-state index in [9.17, 15) is 9.59 Å². The molecular formula is C22H23N3O3S2. The Bertz CT molecular complexity index is 1040. The molecule has 6 nitrogen and oxygen atoms in total. The number of amides is 1. The van der Waals surface area contributed by atoms with E-state index in [2.05, 4.69) is 18.8 Å². The molecule has 2 aromatic heterocycles. The summed E-state index contributed by atoms with van der Waals surface area (Å²) in [5.41, 5.74) is 3.61. The Hall–Kier alpha value is -2.42. The zero-order chi connectivity index (χ0) is 21.3. The van der Waals surface area contributed by atoms with Crippen LogP contribution in [0.4, 0.5) is 0 Å². The van der Waals surface area contributed by atoms with Crippen molar-refractivity contribution >= 4 is 34.4 Å². The highest BCUT2D eigenvalue weighted by molar-refractivity contribution is 7.20. The Labute approximate surface area is 183 Å². The number of ketones is 1. The maximum atomic E-state index is 13.3. The third-order valence-electron chi connectivity index (χ3n) is 5.39. The van der Waals surface area contributed by atoms with Crippen LogP contribution in [-0.4, -0.2) is 26.9 Å². The van der Waals surface area contributed by atoms with E-state index in [1.807, 2.05) is 17.5 Å². The predicted octanol–water partition coefficient (Wildman–Crippen LogP) is 5.28. The number of hydroxylamine groups is 1. The van der Waals surface area contributed by atoms with Crippen molar-refractivity contribution in [3.63, 3.8) is 0 Å². The maximum absolute atomic E-state index is 13.3. The summed E-state index contributed by atoms with van der Waals surface area (Å²) >= 11 is 3.14. The van der Waals surface area contributed by atoms with Crippen molar-refractivity contribution in [3.05, 3.63) is 57.5 Å². The highest BCUT2D eigenvalue weighted by Gasteiger charge is 2.33. The van der Waals surface area contributed by atoms with Crippen molar-refractivity contribution in [3.8, 4) is 10.0 Å². The van der Waals surface area contributed by atoms with Gasteiger partial charge in [-0.25, -0.2) is 15.4 Å². The fraction of sp³-hybridized carbons (Fsp3) is 0.364. The molecule has 0 saturated heterocycles. The lowest BCUT2D eigenvalue weighted by atomic mass is 9.83. The van der Waals surface area contributed by atoms with E-state index in [0.717, 1.165) is 33.3 Å². The van der Waals surface area contributed by atoms with Crippen LogP contribution in [0.2, 0.25) is 0 Å². The molecule has 0 spiro atoms. The second-order valence-corrected chi connectivity index (χ2v) is 9.81. The number of nitrogens with one attached hydrogen (secondary N) is 1. The highest BCUT2D eigenvalue weighted by Crippen LogP contribution is 2.47. The van der Waals surface area contributed by atoms with E-state index in [-0.39, 0.29) is 17.6 Å². The van der Waals surface area contributed by atoms with E-state index >= 15 is 0 Å². The van der Waals surface area contributed by atoms with Crippen LogP contribution in [0.15, 0.2) is 35.8 Å². The third kappa shape index (κ3) is 4.35. The molecule has 3 aromatic rings. The summed E-state index contributed by atoms with van der Waals surface area (Å²) < 4.78 is 0. The van der Waals surface area contributed by atoms with Crippen molar-refractivity contribution in [2.45, 2.75) is 44.9 Å². The van der Waals surface area contributed by atoms with Crippen molar-refractivity contribution in [2.75, 3.05) is 0 Å². The van der Waals surface area contributed by atoms with Gasteiger partial charge in [0, 0.05) is 28.4 Å². The first-order valence-corrected chi connectivity index (χ1v) is 11.7. The molecule has 0 radical (unpaired) electrons. The van der Waals surface area contributed by atoms with Gasteiger partial charge in [0.25, 0.3) is 5.91 Å². The van der Waals surface area contributed by atoms with Crippen molar-refractivity contribution < 1.29 is 14.8 Å². The zero-order valence-corrected chi connectivity index (χ0v) is 18.4. The second-order valence-electron chi connectivity index (χ2n) is 7.88. The molecule has 30 heavy (non-hydrogen) atoms. The number of aromatic nitrogens is 2. The number of Topliss-reactive ketones (excluding diaryl/α,β-unsaturated/α-hetero) is 1. The monoisotopic (exact) mass is 441 g/mol. The summed E-state index contributed by atoms with van der Waals surface area (Å²) in [6, 6.07) is 7.04. The largest absolute Gasteiger partial charge is 0.292 e. The van der Waals surface area contributed by atoms with Gasteiger partial charge < -0.3 is 0 Å². The lowest BCUT2D eigenvalue weighted by Crippen LogP contribution is -2.19. The molecule has 1 aromatic carbocycles. The third-order valence-corrected chi connectivity index (χ3v) is 7.53. The molecule has 1 aliphatic rings. The molecule has 1 saturated carbocycles. The van der Waals surface area contributed by atoms with E-state index < -0.39 is 5.91 Å². The number of hydrogen-bond donors (Lipinski definition) is 2. The van der Waals surface area contributed by atoms with Gasteiger partial charge in [0.2, 0.25) is 0 Å². The van der Waals surface area contributed by atoms with E-state index in [4.69, 9.17) is 10.2 Å². The van der Waals surface area contributed by atoms with Crippen molar-refractivity contribution in [1.29, 1.82) is 0 Å². The molecule has 2 heterocycles. The molecular weight excluding hydrogens is 418 g/mol. The van der Waals surface area contributed by atoms with Crippen LogP contribution in [0.1, 0.15) is 76.2 Å². The SMILES string of the molecule is CC(C)[C@H](CC(=O)c1nc(-c2nccs2)sc1C1CC1)c1ccc(C(=O)NO)cc1. The Kier molecular flexibility index (Phi) is 6.08. The molecule has 156 valence electrons. The molecule has 1 amide bonds. The minimum atomic E-state index is -0.551. The number of carbonyl (C=O) groups excluding carboxylic acids is 2. The maximum Gasteiger partial charge on any atom is 0.274 e. The van der Waals surface area contributed by atoms with Crippen molar-refractivity contribution in [2.24, 2.45) is 5.92 Å². The minimum Gasteiger partial charge on any atom is -0.292 e. The van der Waals surface area contributed by atoms with Gasteiger partial charge in [0.1, 0.15) is 5.69 Å². The van der Waals surface area contributed by atoms with Crippen LogP contribution < -0.4 is 5.48 Å². The van der Waals surface area contributed by atoms with Gasteiger partial charge in [0.15, 0.2) is 15.8 Å². The summed E-state index contributed by atoms with van der Waals surface area (Å²) in [6.45, 7) is 4.19. The van der Waals surface area contributed by atoms with E-state index in [1.54, 1.807) is 35.1 Å². The standard InChI is InChI=1S/C22H23N3O3S2/c1-12(2)16(13-3-7-15(8-4-13)20(27)25-28)11-17(26)18-19(14-5-6-14)30-22(24-18)21-23-9-10-29-21/h3-4,7-10,12,14,16,28H,5-6,11H2,1-2H3,(H,25,27)/t16-/m0/s1. The topological polar surface area (TPSA) is 92.2 Å². The summed E-state index contributed by atoms with van der Waals surface area (Å²) in [6.07, 6.45) is 4.35. The molecule has 1 fully saturated rings. The average molecular weight is 442 g/mol. The van der Waals surface area contributed by atoms with Gasteiger partial charge in [-0.1, -0.05) is 26.0 Å². The van der Waals surface area contributed by atoms with Gasteiger partial charge >= 0.3 is 0 Å². The summed E-state index contributed by atoms with van der Waals surface area (Å²) in [4.78, 5) is 35.0. The van der Waals surface area contributed by atoms with Gasteiger partial charge in [0.05, 0.1) is 0 Å². The van der Waals surface area contributed by atoms with Crippen LogP contribution >= 0.6 is 22.7 Å². The number of hydrogen-bond acceptors (Lipinski definition) is 7. The Morgan fingerprint density at radius 3 is 2.50 bits per heavy atom. The molecule has 8 heteroatoms. The van der Waals surface area contributed by atoms with Crippen LogP contribution in [0.25, 0.3) is 10.0 Å². The number of carbonyl (C=O) groups is 2. The minimum absolute atomic E-state index is 0.0146. The average Bonchev–Trinajstić information content (AvgIpc) is 3.26. The van der Waals surface area contributed by atoms with E-state index in [0.29, 0.717) is 23.6 Å².